The van der Waals surface area contributed by atoms with Gasteiger partial charge in [-0.3, -0.25) is 0 Å². The number of alkyl halides is 4. The normalized spacial score (nSPS) is 17.0. The molecule has 7 heteroatoms. The molecule has 35 heavy (non-hydrogen) atoms. The Labute approximate surface area is 200 Å². The van der Waals surface area contributed by atoms with Crippen molar-refractivity contribution in [1.29, 1.82) is 0 Å². The number of fused-ring (bicyclic) bond motifs is 3. The van der Waals surface area contributed by atoms with Gasteiger partial charge >= 0.3 is 6.11 Å². The van der Waals surface area contributed by atoms with Gasteiger partial charge in [-0.2, -0.15) is 8.78 Å². The number of hydrogen-bond donors (Lipinski definition) is 0. The molecule has 2 unspecified atom stereocenters. The van der Waals surface area contributed by atoms with E-state index in [9.17, 15) is 13.2 Å². The summed E-state index contributed by atoms with van der Waals surface area (Å²) >= 11 is 0. The molecule has 3 aromatic rings. The number of halogens is 6. The van der Waals surface area contributed by atoms with E-state index in [1.807, 2.05) is 6.92 Å². The van der Waals surface area contributed by atoms with Crippen molar-refractivity contribution in [3.05, 3.63) is 101 Å². The Morgan fingerprint density at radius 3 is 2.06 bits per heavy atom. The fraction of sp³-hybridized carbons (Fsp3) is 0.286. The van der Waals surface area contributed by atoms with Gasteiger partial charge < -0.3 is 4.74 Å². The largest absolute Gasteiger partial charge is 0.429 e. The number of hydrogen-bond acceptors (Lipinski definition) is 1. The maximum atomic E-state index is 15.3. The molecule has 3 aromatic carbocycles. The quantitative estimate of drug-likeness (QED) is 0.226. The van der Waals surface area contributed by atoms with Gasteiger partial charge in [0.25, 0.3) is 0 Å². The van der Waals surface area contributed by atoms with Gasteiger partial charge in [0.05, 0.1) is 0 Å². The first-order valence-electron chi connectivity index (χ1n) is 11.4. The molecule has 1 aliphatic carbocycles. The Morgan fingerprint density at radius 2 is 1.46 bits per heavy atom. The van der Waals surface area contributed by atoms with E-state index in [1.165, 1.54) is 24.3 Å². The summed E-state index contributed by atoms with van der Waals surface area (Å²) in [5.74, 6) is -2.72. The molecule has 0 radical (unpaired) electrons. The average Bonchev–Trinajstić information content (AvgIpc) is 2.83. The van der Waals surface area contributed by atoms with Crippen molar-refractivity contribution in [1.82, 2.24) is 0 Å². The van der Waals surface area contributed by atoms with Crippen molar-refractivity contribution in [2.75, 3.05) is 0 Å². The summed E-state index contributed by atoms with van der Waals surface area (Å²) < 4.78 is 94.9. The zero-order valence-electron chi connectivity index (χ0n) is 19.1. The molecule has 0 bridgehead atoms. The van der Waals surface area contributed by atoms with Crippen molar-refractivity contribution in [2.45, 2.75) is 51.1 Å². The summed E-state index contributed by atoms with van der Waals surface area (Å²) in [5.41, 5.74) is -1.72. The standard InChI is InChI=1S/C28H24F6O/c1-3-5-7-16-8-11-18(12-9-16)35-28(33,34)21-15-14-20-19-13-10-17(6-4-2)24(29)22(19)26(31)27(32)23(20)25(21)30/h3,8-15,26-27H,1,4-7H2,2H3. The third-order valence-corrected chi connectivity index (χ3v) is 6.18. The maximum absolute atomic E-state index is 15.3. The third-order valence-electron chi connectivity index (χ3n) is 6.18. The molecule has 1 nitrogen and oxygen atoms in total. The highest BCUT2D eigenvalue weighted by Gasteiger charge is 2.44. The Morgan fingerprint density at radius 1 is 0.857 bits per heavy atom. The maximum Gasteiger partial charge on any atom is 0.429 e. The van der Waals surface area contributed by atoms with Gasteiger partial charge in [-0.05, 0) is 59.7 Å². The fourth-order valence-electron chi connectivity index (χ4n) is 4.42. The van der Waals surface area contributed by atoms with Gasteiger partial charge in [-0.15, -0.1) is 6.58 Å². The van der Waals surface area contributed by atoms with Crippen LogP contribution in [0.3, 0.4) is 0 Å². The van der Waals surface area contributed by atoms with E-state index in [0.29, 0.717) is 25.7 Å². The van der Waals surface area contributed by atoms with Gasteiger partial charge in [-0.1, -0.05) is 49.8 Å². The molecule has 4 rings (SSSR count). The topological polar surface area (TPSA) is 9.23 Å². The molecular formula is C28H24F6O. The van der Waals surface area contributed by atoms with E-state index >= 15 is 13.2 Å². The average molecular weight is 490 g/mol. The van der Waals surface area contributed by atoms with E-state index in [1.54, 1.807) is 18.2 Å². The molecule has 2 atom stereocenters. The molecule has 0 fully saturated rings. The van der Waals surface area contributed by atoms with Crippen LogP contribution in [0.15, 0.2) is 61.2 Å². The van der Waals surface area contributed by atoms with Crippen LogP contribution < -0.4 is 4.74 Å². The van der Waals surface area contributed by atoms with Gasteiger partial charge in [0.1, 0.15) is 22.9 Å². The summed E-state index contributed by atoms with van der Waals surface area (Å²) in [5, 5.41) is 0. The zero-order chi connectivity index (χ0) is 25.3. The molecule has 0 aliphatic heterocycles. The molecule has 0 amide bonds. The monoisotopic (exact) mass is 490 g/mol. The number of benzene rings is 3. The summed E-state index contributed by atoms with van der Waals surface area (Å²) in [4.78, 5) is 0. The minimum Gasteiger partial charge on any atom is -0.429 e. The van der Waals surface area contributed by atoms with Crippen LogP contribution >= 0.6 is 0 Å². The number of rotatable bonds is 8. The lowest BCUT2D eigenvalue weighted by molar-refractivity contribution is -0.187. The van der Waals surface area contributed by atoms with Crippen LogP contribution in [0.5, 0.6) is 5.75 Å². The van der Waals surface area contributed by atoms with Crippen LogP contribution in [0.2, 0.25) is 0 Å². The molecule has 0 aromatic heterocycles. The third kappa shape index (κ3) is 4.56. The molecule has 184 valence electrons. The molecule has 0 saturated carbocycles. The first-order chi connectivity index (χ1) is 16.7. The predicted molar refractivity (Wildman–Crippen MR) is 123 cm³/mol. The van der Waals surface area contributed by atoms with Crippen molar-refractivity contribution in [3.63, 3.8) is 0 Å². The molecule has 0 spiro atoms. The Kier molecular flexibility index (Phi) is 6.97. The van der Waals surface area contributed by atoms with Crippen LogP contribution in [0.25, 0.3) is 11.1 Å². The zero-order valence-corrected chi connectivity index (χ0v) is 19.1. The lowest BCUT2D eigenvalue weighted by atomic mass is 9.80. The molecule has 0 N–H and O–H groups in total. The van der Waals surface area contributed by atoms with Crippen LogP contribution in [0, 0.1) is 11.6 Å². The van der Waals surface area contributed by atoms with Crippen molar-refractivity contribution < 1.29 is 31.1 Å². The molecule has 0 saturated heterocycles. The van der Waals surface area contributed by atoms with Gasteiger partial charge in [0, 0.05) is 11.1 Å². The van der Waals surface area contributed by atoms with E-state index in [-0.39, 0.29) is 22.4 Å². The fourth-order valence-corrected chi connectivity index (χ4v) is 4.42. The van der Waals surface area contributed by atoms with Crippen molar-refractivity contribution in [3.8, 4) is 16.9 Å². The number of ether oxygens (including phenoxy) is 1. The lowest BCUT2D eigenvalue weighted by Crippen LogP contribution is -2.25. The molecule has 0 heterocycles. The highest BCUT2D eigenvalue weighted by Crippen LogP contribution is 2.52. The molecular weight excluding hydrogens is 466 g/mol. The van der Waals surface area contributed by atoms with E-state index in [2.05, 4.69) is 6.58 Å². The minimum absolute atomic E-state index is 0.0523. The van der Waals surface area contributed by atoms with E-state index < -0.39 is 46.8 Å². The highest BCUT2D eigenvalue weighted by molar-refractivity contribution is 5.76. The van der Waals surface area contributed by atoms with Crippen LogP contribution in [-0.4, -0.2) is 0 Å². The summed E-state index contributed by atoms with van der Waals surface area (Å²) in [6.07, 6.45) is -5.32. The first kappa shape index (κ1) is 24.9. The molecule has 1 aliphatic rings. The van der Waals surface area contributed by atoms with Crippen molar-refractivity contribution >= 4 is 0 Å². The highest BCUT2D eigenvalue weighted by atomic mass is 19.3. The smallest absolute Gasteiger partial charge is 0.429 e. The number of aryl methyl sites for hydroxylation is 2. The summed E-state index contributed by atoms with van der Waals surface area (Å²) in [6.45, 7) is 5.44. The summed E-state index contributed by atoms with van der Waals surface area (Å²) in [7, 11) is 0. The second-order valence-corrected chi connectivity index (χ2v) is 8.53. The van der Waals surface area contributed by atoms with Gasteiger partial charge in [0.15, 0.2) is 12.3 Å². The Hall–Kier alpha value is -3.22. The second-order valence-electron chi connectivity index (χ2n) is 8.53. The van der Waals surface area contributed by atoms with Crippen LogP contribution in [0.1, 0.15) is 59.9 Å². The minimum atomic E-state index is -4.16. The Balaban J connectivity index is 1.71. The first-order valence-corrected chi connectivity index (χ1v) is 11.4. The lowest BCUT2D eigenvalue weighted by Gasteiger charge is -2.29. The van der Waals surface area contributed by atoms with E-state index in [0.717, 1.165) is 17.7 Å². The Bertz CT molecular complexity index is 1240. The predicted octanol–water partition coefficient (Wildman–Crippen LogP) is 8.87. The van der Waals surface area contributed by atoms with Crippen LogP contribution in [-0.2, 0) is 19.0 Å². The number of allylic oxidation sites excluding steroid dienone is 1. The van der Waals surface area contributed by atoms with E-state index in [4.69, 9.17) is 4.74 Å². The van der Waals surface area contributed by atoms with Gasteiger partial charge in [-0.25, -0.2) is 17.6 Å². The van der Waals surface area contributed by atoms with Crippen LogP contribution in [0.4, 0.5) is 26.3 Å². The van der Waals surface area contributed by atoms with Gasteiger partial charge in [0.2, 0.25) is 0 Å². The second kappa shape index (κ2) is 9.80. The van der Waals surface area contributed by atoms with Crippen molar-refractivity contribution in [2.24, 2.45) is 0 Å². The summed E-state index contributed by atoms with van der Waals surface area (Å²) in [6, 6.07) is 10.5. The SMILES string of the molecule is C=CCCc1ccc(OC(F)(F)c2ccc3c(c2F)C(F)C(F)c2c-3ccc(CCC)c2F)cc1.